The Morgan fingerprint density at radius 3 is 2.36 bits per heavy atom. The van der Waals surface area contributed by atoms with Gasteiger partial charge in [0.15, 0.2) is 5.96 Å². The summed E-state index contributed by atoms with van der Waals surface area (Å²) in [5.41, 5.74) is 16.2. The molecule has 0 aromatic heterocycles. The molecule has 2 aliphatic rings. The third kappa shape index (κ3) is 10.4. The number of carbonyl (C=O) groups excluding carboxylic acids is 5. The van der Waals surface area contributed by atoms with Gasteiger partial charge in [0.2, 0.25) is 29.5 Å². The Morgan fingerprint density at radius 1 is 0.949 bits per heavy atom. The van der Waals surface area contributed by atoms with Crippen LogP contribution in [0, 0.1) is 0 Å². The summed E-state index contributed by atoms with van der Waals surface area (Å²) in [5.74, 6) is -4.56. The molecule has 0 spiro atoms. The smallest absolute Gasteiger partial charge is 0.305 e. The lowest BCUT2D eigenvalue weighted by molar-refractivity contribution is -0.141. The van der Waals surface area contributed by atoms with Crippen LogP contribution in [0.2, 0.25) is 0 Å². The number of rotatable bonds is 11. The van der Waals surface area contributed by atoms with Gasteiger partial charge in [0, 0.05) is 25.6 Å². The van der Waals surface area contributed by atoms with E-state index >= 15 is 0 Å². The maximum Gasteiger partial charge on any atom is 0.305 e. The Hall–Kier alpha value is -3.95. The van der Waals surface area contributed by atoms with Crippen molar-refractivity contribution in [3.05, 3.63) is 0 Å². The summed E-state index contributed by atoms with van der Waals surface area (Å²) in [6.45, 7) is 0.152. The van der Waals surface area contributed by atoms with Gasteiger partial charge in [0.1, 0.15) is 18.1 Å². The summed E-state index contributed by atoms with van der Waals surface area (Å²) in [5, 5.41) is 19.3. The van der Waals surface area contributed by atoms with Crippen LogP contribution < -0.4 is 38.5 Å². The second-order valence-electron chi connectivity index (χ2n) is 9.55. The van der Waals surface area contributed by atoms with E-state index in [0.717, 1.165) is 12.8 Å². The molecule has 2 heterocycles. The van der Waals surface area contributed by atoms with Gasteiger partial charge in [-0.25, -0.2) is 0 Å². The van der Waals surface area contributed by atoms with E-state index < -0.39 is 66.7 Å². The zero-order valence-corrected chi connectivity index (χ0v) is 21.8. The molecule has 0 aromatic carbocycles. The number of carbonyl (C=O) groups is 6. The number of guanidine groups is 1. The molecule has 2 fully saturated rings. The summed E-state index contributed by atoms with van der Waals surface area (Å²) in [4.78, 5) is 81.1. The number of aliphatic carboxylic acids is 1. The van der Waals surface area contributed by atoms with Gasteiger partial charge >= 0.3 is 5.97 Å². The molecule has 2 rings (SSSR count). The van der Waals surface area contributed by atoms with Gasteiger partial charge < -0.3 is 48.5 Å². The number of aliphatic imine (C=N–C) groups is 1. The molecule has 0 aliphatic carbocycles. The highest BCUT2D eigenvalue weighted by Crippen LogP contribution is 2.21. The number of nitrogens with zero attached hydrogens (tertiary/aromatic N) is 2. The Labute approximate surface area is 225 Å². The van der Waals surface area contributed by atoms with Crippen molar-refractivity contribution >= 4 is 41.5 Å². The van der Waals surface area contributed by atoms with Crippen molar-refractivity contribution in [2.24, 2.45) is 22.2 Å². The number of hydrogen-bond acceptors (Lipinski definition) is 8. The molecule has 16 heteroatoms. The van der Waals surface area contributed by atoms with Crippen molar-refractivity contribution in [1.82, 2.24) is 26.2 Å². The number of unbranched alkanes of at least 4 members (excludes halogenated alkanes) is 2. The SMILES string of the molecule is NCCCCCC(=O)N1C[C@@H]2C[C@H]1C(=O)N[C@@H](CCCN=C(N)N)C(=O)NCC(=O)N[C@@H](CC(=O)O)C(=O)N2. The number of amides is 5. The molecule has 2 bridgehead atoms. The summed E-state index contributed by atoms with van der Waals surface area (Å²) >= 11 is 0. The summed E-state index contributed by atoms with van der Waals surface area (Å²) in [6, 6.07) is -4.13. The number of carboxylic acid groups (broad SMARTS) is 1. The number of nitrogens with two attached hydrogens (primary N) is 3. The van der Waals surface area contributed by atoms with Crippen LogP contribution in [0.1, 0.15) is 51.4 Å². The topological polar surface area (TPSA) is 264 Å². The van der Waals surface area contributed by atoms with Crippen LogP contribution in [-0.2, 0) is 28.8 Å². The second-order valence-corrected chi connectivity index (χ2v) is 9.55. The van der Waals surface area contributed by atoms with Crippen molar-refractivity contribution in [2.75, 3.05) is 26.2 Å². The summed E-state index contributed by atoms with van der Waals surface area (Å²) < 4.78 is 0. The first kappa shape index (κ1) is 31.3. The summed E-state index contributed by atoms with van der Waals surface area (Å²) in [6.07, 6.45) is 2.05. The van der Waals surface area contributed by atoms with Gasteiger partial charge in [-0.1, -0.05) is 6.42 Å². The molecular weight excluding hydrogens is 514 g/mol. The van der Waals surface area contributed by atoms with Crippen LogP contribution in [0.15, 0.2) is 4.99 Å². The normalized spacial score (nSPS) is 24.1. The second kappa shape index (κ2) is 15.5. The molecule has 0 aromatic rings. The monoisotopic (exact) mass is 553 g/mol. The minimum absolute atomic E-state index is 0.00857. The fraction of sp³-hybridized carbons (Fsp3) is 0.696. The highest BCUT2D eigenvalue weighted by Gasteiger charge is 2.42. The third-order valence-electron chi connectivity index (χ3n) is 6.40. The van der Waals surface area contributed by atoms with Gasteiger partial charge in [-0.3, -0.25) is 33.8 Å². The number of carboxylic acids is 1. The first-order chi connectivity index (χ1) is 18.5. The average Bonchev–Trinajstić information content (AvgIpc) is 3.29. The molecule has 0 radical (unpaired) electrons. The molecule has 2 saturated heterocycles. The van der Waals surface area contributed by atoms with Crippen molar-refractivity contribution in [2.45, 2.75) is 75.5 Å². The quantitative estimate of drug-likeness (QED) is 0.0702. The van der Waals surface area contributed by atoms with Crippen LogP contribution in [-0.4, -0.2) is 102 Å². The maximum absolute atomic E-state index is 13.3. The average molecular weight is 554 g/mol. The van der Waals surface area contributed by atoms with Crippen LogP contribution in [0.25, 0.3) is 0 Å². The van der Waals surface area contributed by atoms with Crippen molar-refractivity contribution < 1.29 is 33.9 Å². The lowest BCUT2D eigenvalue weighted by atomic mass is 10.1. The van der Waals surface area contributed by atoms with Crippen LogP contribution >= 0.6 is 0 Å². The standard InChI is InChI=1S/C23H39N9O7/c24-7-3-1-2-6-18(34)32-12-13-9-16(32)22(39)31-14(5-4-8-27-23(25)26)20(37)28-11-17(33)30-15(10-19(35)36)21(38)29-13/h13-16H,1-12,24H2,(H,28,37)(H,29,38)(H,30,33)(H,31,39)(H,35,36)(H4,25,26,27)/t13-,14-,15-,16-/m0/s1. The number of likely N-dealkylation sites (tertiary alicyclic amines) is 1. The highest BCUT2D eigenvalue weighted by atomic mass is 16.4. The van der Waals surface area contributed by atoms with Gasteiger partial charge in [-0.2, -0.15) is 0 Å². The van der Waals surface area contributed by atoms with Crippen molar-refractivity contribution in [1.29, 1.82) is 0 Å². The van der Waals surface area contributed by atoms with E-state index in [1.807, 2.05) is 0 Å². The Bertz CT molecular complexity index is 954. The van der Waals surface area contributed by atoms with Gasteiger partial charge in [0.05, 0.1) is 13.0 Å². The molecule has 16 nitrogen and oxygen atoms in total. The fourth-order valence-corrected chi connectivity index (χ4v) is 4.47. The predicted octanol–water partition coefficient (Wildman–Crippen LogP) is -3.78. The van der Waals surface area contributed by atoms with E-state index in [1.54, 1.807) is 0 Å². The molecule has 2 aliphatic heterocycles. The van der Waals surface area contributed by atoms with Gasteiger partial charge in [0.25, 0.3) is 0 Å². The summed E-state index contributed by atoms with van der Waals surface area (Å²) in [7, 11) is 0. The lowest BCUT2D eigenvalue weighted by Gasteiger charge is -2.26. The van der Waals surface area contributed by atoms with Gasteiger partial charge in [-0.05, 0) is 38.6 Å². The molecule has 0 unspecified atom stereocenters. The highest BCUT2D eigenvalue weighted by molar-refractivity contribution is 5.96. The zero-order valence-electron chi connectivity index (χ0n) is 21.8. The van der Waals surface area contributed by atoms with E-state index in [4.69, 9.17) is 17.2 Å². The first-order valence-electron chi connectivity index (χ1n) is 13.0. The van der Waals surface area contributed by atoms with Crippen LogP contribution in [0.3, 0.4) is 0 Å². The maximum atomic E-state index is 13.3. The zero-order chi connectivity index (χ0) is 28.9. The molecule has 39 heavy (non-hydrogen) atoms. The minimum Gasteiger partial charge on any atom is -0.481 e. The van der Waals surface area contributed by atoms with E-state index in [0.29, 0.717) is 19.4 Å². The Balaban J connectivity index is 2.29. The van der Waals surface area contributed by atoms with E-state index in [9.17, 15) is 33.9 Å². The molecule has 0 saturated carbocycles. The van der Waals surface area contributed by atoms with Crippen molar-refractivity contribution in [3.63, 3.8) is 0 Å². The lowest BCUT2D eigenvalue weighted by Crippen LogP contribution is -2.55. The van der Waals surface area contributed by atoms with Crippen LogP contribution in [0.5, 0.6) is 0 Å². The first-order valence-corrected chi connectivity index (χ1v) is 13.0. The Kier molecular flexibility index (Phi) is 12.4. The number of nitrogens with one attached hydrogen (secondary N) is 4. The predicted molar refractivity (Wildman–Crippen MR) is 139 cm³/mol. The molecule has 218 valence electrons. The minimum atomic E-state index is -1.42. The third-order valence-corrected chi connectivity index (χ3v) is 6.40. The Morgan fingerprint density at radius 2 is 1.69 bits per heavy atom. The number of hydrogen-bond donors (Lipinski definition) is 8. The van der Waals surface area contributed by atoms with Gasteiger partial charge in [-0.15, -0.1) is 0 Å². The van der Waals surface area contributed by atoms with E-state index in [-0.39, 0.29) is 44.2 Å². The van der Waals surface area contributed by atoms with E-state index in [2.05, 4.69) is 26.3 Å². The fourth-order valence-electron chi connectivity index (χ4n) is 4.47. The van der Waals surface area contributed by atoms with E-state index in [1.165, 1.54) is 4.90 Å². The molecule has 5 amide bonds. The molecule has 11 N–H and O–H groups in total. The number of fused-ring (bicyclic) bond motifs is 2. The molecule has 4 atom stereocenters. The molecular formula is C23H39N9O7. The largest absolute Gasteiger partial charge is 0.481 e. The van der Waals surface area contributed by atoms with Crippen molar-refractivity contribution in [3.8, 4) is 0 Å². The van der Waals surface area contributed by atoms with Crippen LogP contribution in [0.4, 0.5) is 0 Å².